The summed E-state index contributed by atoms with van der Waals surface area (Å²) < 4.78 is 4.66. The lowest BCUT2D eigenvalue weighted by Gasteiger charge is -2.16. The molecule has 0 spiro atoms. The molecule has 1 atom stereocenters. The van der Waals surface area contributed by atoms with E-state index in [0.29, 0.717) is 5.56 Å². The Morgan fingerprint density at radius 3 is 2.53 bits per heavy atom. The molecule has 1 aromatic carbocycles. The van der Waals surface area contributed by atoms with E-state index in [-0.39, 0.29) is 18.2 Å². The van der Waals surface area contributed by atoms with E-state index in [1.807, 2.05) is 6.07 Å². The lowest BCUT2D eigenvalue weighted by atomic mass is 10.1. The fourth-order valence-electron chi connectivity index (χ4n) is 1.36. The van der Waals surface area contributed by atoms with Gasteiger partial charge in [-0.05, 0) is 5.56 Å². The molecule has 5 heteroatoms. The Bertz CT molecular complexity index is 381. The van der Waals surface area contributed by atoms with Crippen molar-refractivity contribution in [1.29, 1.82) is 0 Å². The van der Waals surface area contributed by atoms with E-state index in [1.165, 1.54) is 7.11 Å². The van der Waals surface area contributed by atoms with Crippen LogP contribution in [-0.4, -0.2) is 24.9 Å². The summed E-state index contributed by atoms with van der Waals surface area (Å²) in [7, 11) is 1.28. The first-order valence-corrected chi connectivity index (χ1v) is 5.70. The Morgan fingerprint density at radius 2 is 2.00 bits per heavy atom. The van der Waals surface area contributed by atoms with Crippen molar-refractivity contribution >= 4 is 23.5 Å². The molecule has 0 bridgehead atoms. The molecule has 1 rings (SSSR count). The monoisotopic (exact) mass is 255 g/mol. The highest BCUT2D eigenvalue weighted by Crippen LogP contribution is 2.14. The molecule has 92 valence electrons. The van der Waals surface area contributed by atoms with Gasteiger partial charge in [0.1, 0.15) is 0 Å². The second-order valence-electron chi connectivity index (χ2n) is 3.37. The van der Waals surface area contributed by atoms with Gasteiger partial charge < -0.3 is 10.1 Å². The van der Waals surface area contributed by atoms with E-state index in [0.717, 1.165) is 0 Å². The first kappa shape index (κ1) is 13.5. The number of alkyl halides is 1. The van der Waals surface area contributed by atoms with E-state index in [9.17, 15) is 9.59 Å². The van der Waals surface area contributed by atoms with Crippen LogP contribution in [0.2, 0.25) is 0 Å². The van der Waals surface area contributed by atoms with Crippen LogP contribution < -0.4 is 5.32 Å². The maximum Gasteiger partial charge on any atom is 0.333 e. The highest BCUT2D eigenvalue weighted by molar-refractivity contribution is 6.18. The van der Waals surface area contributed by atoms with Gasteiger partial charge in [-0.25, -0.2) is 4.79 Å². The SMILES string of the molecule is COC(=O)C(NC(=O)CCCl)c1ccccc1. The summed E-state index contributed by atoms with van der Waals surface area (Å²) in [6.45, 7) is 0. The molecule has 0 saturated heterocycles. The van der Waals surface area contributed by atoms with Crippen LogP contribution in [0, 0.1) is 0 Å². The number of carbonyl (C=O) groups is 2. The number of carbonyl (C=O) groups excluding carboxylic acids is 2. The molecule has 0 aliphatic rings. The molecule has 0 fully saturated rings. The number of amides is 1. The quantitative estimate of drug-likeness (QED) is 0.643. The molecule has 0 saturated carbocycles. The average molecular weight is 256 g/mol. The smallest absolute Gasteiger partial charge is 0.333 e. The largest absolute Gasteiger partial charge is 0.467 e. The van der Waals surface area contributed by atoms with Gasteiger partial charge >= 0.3 is 5.97 Å². The van der Waals surface area contributed by atoms with E-state index in [4.69, 9.17) is 11.6 Å². The Balaban J connectivity index is 2.82. The molecule has 1 unspecified atom stereocenters. The second-order valence-corrected chi connectivity index (χ2v) is 3.75. The van der Waals surface area contributed by atoms with Gasteiger partial charge in [0.05, 0.1) is 7.11 Å². The van der Waals surface area contributed by atoms with Gasteiger partial charge in [0, 0.05) is 12.3 Å². The Hall–Kier alpha value is -1.55. The molecule has 1 aromatic rings. The topological polar surface area (TPSA) is 55.4 Å². The van der Waals surface area contributed by atoms with Crippen LogP contribution >= 0.6 is 11.6 Å². The molecule has 17 heavy (non-hydrogen) atoms. The van der Waals surface area contributed by atoms with Crippen LogP contribution in [0.4, 0.5) is 0 Å². The zero-order valence-corrected chi connectivity index (χ0v) is 10.2. The van der Waals surface area contributed by atoms with Gasteiger partial charge in [0.15, 0.2) is 6.04 Å². The van der Waals surface area contributed by atoms with Crippen molar-refractivity contribution in [2.45, 2.75) is 12.5 Å². The maximum atomic E-state index is 11.6. The van der Waals surface area contributed by atoms with Gasteiger partial charge in [0.25, 0.3) is 0 Å². The minimum Gasteiger partial charge on any atom is -0.467 e. The normalized spacial score (nSPS) is 11.6. The molecule has 1 N–H and O–H groups in total. The number of esters is 1. The standard InChI is InChI=1S/C12H14ClNO3/c1-17-12(16)11(14-10(15)7-8-13)9-5-3-2-4-6-9/h2-6,11H,7-8H2,1H3,(H,14,15). The third-order valence-corrected chi connectivity index (χ3v) is 2.39. The number of benzene rings is 1. The number of nitrogens with one attached hydrogen (secondary N) is 1. The number of methoxy groups -OCH3 is 1. The molecule has 0 aromatic heterocycles. The number of hydrogen-bond donors (Lipinski definition) is 1. The van der Waals surface area contributed by atoms with Gasteiger partial charge in [-0.3, -0.25) is 4.79 Å². The minimum absolute atomic E-state index is 0.169. The van der Waals surface area contributed by atoms with E-state index < -0.39 is 12.0 Å². The van der Waals surface area contributed by atoms with Crippen molar-refractivity contribution in [3.8, 4) is 0 Å². The highest BCUT2D eigenvalue weighted by Gasteiger charge is 2.22. The Morgan fingerprint density at radius 1 is 1.35 bits per heavy atom. The van der Waals surface area contributed by atoms with Crippen LogP contribution in [0.3, 0.4) is 0 Å². The lowest BCUT2D eigenvalue weighted by molar-refractivity contribution is -0.145. The molecular formula is C12H14ClNO3. The number of rotatable bonds is 5. The van der Waals surface area contributed by atoms with Crippen LogP contribution in [0.25, 0.3) is 0 Å². The van der Waals surface area contributed by atoms with E-state index in [1.54, 1.807) is 24.3 Å². The van der Waals surface area contributed by atoms with Crippen molar-refractivity contribution in [3.05, 3.63) is 35.9 Å². The third-order valence-electron chi connectivity index (χ3n) is 2.20. The van der Waals surface area contributed by atoms with Gasteiger partial charge in [-0.2, -0.15) is 0 Å². The number of ether oxygens (including phenoxy) is 1. The summed E-state index contributed by atoms with van der Waals surface area (Å²) in [4.78, 5) is 23.0. The molecule has 4 nitrogen and oxygen atoms in total. The molecule has 1 amide bonds. The molecule has 0 heterocycles. The predicted octanol–water partition coefficient (Wildman–Crippen LogP) is 1.65. The van der Waals surface area contributed by atoms with Gasteiger partial charge in [-0.15, -0.1) is 11.6 Å². The summed E-state index contributed by atoms with van der Waals surface area (Å²) in [6.07, 6.45) is 0.169. The third kappa shape index (κ3) is 4.07. The van der Waals surface area contributed by atoms with Crippen molar-refractivity contribution in [3.63, 3.8) is 0 Å². The zero-order chi connectivity index (χ0) is 12.7. The minimum atomic E-state index is -0.781. The maximum absolute atomic E-state index is 11.6. The Labute approximate surface area is 105 Å². The van der Waals surface area contributed by atoms with E-state index >= 15 is 0 Å². The second kappa shape index (κ2) is 6.91. The molecule has 0 radical (unpaired) electrons. The summed E-state index contributed by atoms with van der Waals surface area (Å²) in [6, 6.07) is 8.14. The van der Waals surface area contributed by atoms with Gasteiger partial charge in [-0.1, -0.05) is 30.3 Å². The fraction of sp³-hybridized carbons (Fsp3) is 0.333. The van der Waals surface area contributed by atoms with Crippen LogP contribution in [-0.2, 0) is 14.3 Å². The summed E-state index contributed by atoms with van der Waals surface area (Å²) in [5, 5.41) is 2.59. The van der Waals surface area contributed by atoms with Crippen molar-refractivity contribution in [2.75, 3.05) is 13.0 Å². The van der Waals surface area contributed by atoms with Crippen LogP contribution in [0.5, 0.6) is 0 Å². The van der Waals surface area contributed by atoms with Crippen LogP contribution in [0.1, 0.15) is 18.0 Å². The van der Waals surface area contributed by atoms with Crippen LogP contribution in [0.15, 0.2) is 30.3 Å². The first-order valence-electron chi connectivity index (χ1n) is 5.17. The number of halogens is 1. The van der Waals surface area contributed by atoms with E-state index in [2.05, 4.69) is 10.1 Å². The molecule has 0 aliphatic heterocycles. The van der Waals surface area contributed by atoms with Crippen molar-refractivity contribution < 1.29 is 14.3 Å². The number of hydrogen-bond acceptors (Lipinski definition) is 3. The first-order chi connectivity index (χ1) is 8.19. The molecule has 0 aliphatic carbocycles. The zero-order valence-electron chi connectivity index (χ0n) is 9.48. The van der Waals surface area contributed by atoms with Gasteiger partial charge in [0.2, 0.25) is 5.91 Å². The van der Waals surface area contributed by atoms with Crippen molar-refractivity contribution in [2.24, 2.45) is 0 Å². The lowest BCUT2D eigenvalue weighted by Crippen LogP contribution is -2.34. The Kier molecular flexibility index (Phi) is 5.49. The molecular weight excluding hydrogens is 242 g/mol. The predicted molar refractivity (Wildman–Crippen MR) is 64.7 cm³/mol. The summed E-state index contributed by atoms with van der Waals surface area (Å²) in [5.41, 5.74) is 0.683. The fourth-order valence-corrected chi connectivity index (χ4v) is 1.53. The average Bonchev–Trinajstić information content (AvgIpc) is 2.36. The summed E-state index contributed by atoms with van der Waals surface area (Å²) in [5.74, 6) is -0.563. The summed E-state index contributed by atoms with van der Waals surface area (Å²) >= 11 is 5.46. The highest BCUT2D eigenvalue weighted by atomic mass is 35.5. The van der Waals surface area contributed by atoms with Crippen molar-refractivity contribution in [1.82, 2.24) is 5.32 Å².